The van der Waals surface area contributed by atoms with Gasteiger partial charge < -0.3 is 19.9 Å². The molecule has 1 unspecified atom stereocenters. The van der Waals surface area contributed by atoms with Gasteiger partial charge in [-0.1, -0.05) is 18.2 Å². The highest BCUT2D eigenvalue weighted by atomic mass is 16.5. The Morgan fingerprint density at radius 3 is 2.67 bits per heavy atom. The number of para-hydroxylation sites is 1. The number of ether oxygens (including phenoxy) is 1. The molecule has 0 saturated carbocycles. The van der Waals surface area contributed by atoms with E-state index >= 15 is 0 Å². The topological polar surface area (TPSA) is 43.3 Å². The Labute approximate surface area is 164 Å². The Bertz CT molecular complexity index is 565. The van der Waals surface area contributed by atoms with Gasteiger partial charge in [-0.2, -0.15) is 0 Å². The van der Waals surface area contributed by atoms with Crippen LogP contribution >= 0.6 is 0 Å². The third-order valence-corrected chi connectivity index (χ3v) is 5.56. The first-order valence-electron chi connectivity index (χ1n) is 10.3. The third kappa shape index (κ3) is 6.11. The van der Waals surface area contributed by atoms with Gasteiger partial charge in [0.2, 0.25) is 0 Å². The van der Waals surface area contributed by atoms with Gasteiger partial charge in [0.1, 0.15) is 0 Å². The summed E-state index contributed by atoms with van der Waals surface area (Å²) in [5, 5.41) is 3.52. The molecule has 1 atom stereocenters. The van der Waals surface area contributed by atoms with E-state index in [1.165, 1.54) is 5.69 Å². The summed E-state index contributed by atoms with van der Waals surface area (Å²) in [5.41, 5.74) is 1.35. The predicted molar refractivity (Wildman–Crippen MR) is 113 cm³/mol. The van der Waals surface area contributed by atoms with Crippen LogP contribution in [0.15, 0.2) is 35.3 Å². The number of hydrogen-bond donors (Lipinski definition) is 1. The van der Waals surface area contributed by atoms with Gasteiger partial charge in [-0.3, -0.25) is 9.89 Å². The zero-order valence-corrected chi connectivity index (χ0v) is 16.9. The monoisotopic (exact) mass is 373 g/mol. The zero-order valence-electron chi connectivity index (χ0n) is 16.9. The Hall–Kier alpha value is -1.79. The van der Waals surface area contributed by atoms with Crippen LogP contribution in [0.5, 0.6) is 0 Å². The summed E-state index contributed by atoms with van der Waals surface area (Å²) in [6.45, 7) is 9.44. The van der Waals surface area contributed by atoms with Gasteiger partial charge in [0.05, 0.1) is 6.61 Å². The van der Waals surface area contributed by atoms with E-state index < -0.39 is 0 Å². The molecule has 150 valence electrons. The van der Waals surface area contributed by atoms with Gasteiger partial charge in [-0.25, -0.2) is 0 Å². The largest absolute Gasteiger partial charge is 0.381 e. The minimum atomic E-state index is 0.634. The lowest BCUT2D eigenvalue weighted by Crippen LogP contribution is -2.47. The molecule has 1 aromatic rings. The lowest BCUT2D eigenvalue weighted by molar-refractivity contribution is 0.181. The van der Waals surface area contributed by atoms with Crippen molar-refractivity contribution in [1.82, 2.24) is 15.1 Å². The number of piperazine rings is 1. The molecule has 2 aliphatic heterocycles. The second-order valence-corrected chi connectivity index (χ2v) is 7.60. The van der Waals surface area contributed by atoms with Gasteiger partial charge in [-0.15, -0.1) is 0 Å². The summed E-state index contributed by atoms with van der Waals surface area (Å²) in [7, 11) is 3.99. The molecule has 6 nitrogen and oxygen atoms in total. The van der Waals surface area contributed by atoms with Crippen LogP contribution in [0, 0.1) is 5.92 Å². The molecule has 2 saturated heterocycles. The molecular weight excluding hydrogens is 338 g/mol. The average Bonchev–Trinajstić information content (AvgIpc) is 3.22. The van der Waals surface area contributed by atoms with Gasteiger partial charge >= 0.3 is 0 Å². The molecule has 2 aliphatic rings. The Morgan fingerprint density at radius 2 is 2.00 bits per heavy atom. The summed E-state index contributed by atoms with van der Waals surface area (Å²) in [6.07, 6.45) is 2.31. The fourth-order valence-electron chi connectivity index (χ4n) is 3.96. The number of guanidine groups is 1. The number of aliphatic imine (C=N–C) groups is 1. The summed E-state index contributed by atoms with van der Waals surface area (Å²) >= 11 is 0. The molecule has 0 aliphatic carbocycles. The molecule has 0 amide bonds. The molecule has 0 spiro atoms. The normalized spacial score (nSPS) is 21.5. The minimum Gasteiger partial charge on any atom is -0.381 e. The highest BCUT2D eigenvalue weighted by Crippen LogP contribution is 2.15. The number of nitrogens with one attached hydrogen (secondary N) is 1. The van der Waals surface area contributed by atoms with E-state index in [9.17, 15) is 0 Å². The van der Waals surface area contributed by atoms with Crippen molar-refractivity contribution >= 4 is 11.6 Å². The molecule has 1 aromatic carbocycles. The third-order valence-electron chi connectivity index (χ3n) is 5.56. The maximum Gasteiger partial charge on any atom is 0.193 e. The van der Waals surface area contributed by atoms with Gasteiger partial charge in [0.15, 0.2) is 5.96 Å². The summed E-state index contributed by atoms with van der Waals surface area (Å²) in [5.74, 6) is 1.63. The molecule has 2 fully saturated rings. The highest BCUT2D eigenvalue weighted by molar-refractivity contribution is 5.79. The molecule has 3 rings (SSSR count). The maximum atomic E-state index is 5.48. The van der Waals surface area contributed by atoms with E-state index in [-0.39, 0.29) is 0 Å². The van der Waals surface area contributed by atoms with Gasteiger partial charge in [0.25, 0.3) is 0 Å². The first kappa shape index (κ1) is 20.0. The molecular formula is C21H35N5O. The molecule has 0 radical (unpaired) electrons. The van der Waals surface area contributed by atoms with Gasteiger partial charge in [0, 0.05) is 71.6 Å². The van der Waals surface area contributed by atoms with E-state index in [2.05, 4.69) is 62.4 Å². The number of benzene rings is 1. The number of rotatable bonds is 7. The molecule has 27 heavy (non-hydrogen) atoms. The van der Waals surface area contributed by atoms with Gasteiger partial charge in [-0.05, 0) is 31.5 Å². The molecule has 2 heterocycles. The second kappa shape index (κ2) is 10.5. The van der Waals surface area contributed by atoms with E-state index in [4.69, 9.17) is 4.74 Å². The van der Waals surface area contributed by atoms with Crippen LogP contribution in [-0.4, -0.2) is 88.9 Å². The van der Waals surface area contributed by atoms with Crippen molar-refractivity contribution in [2.75, 3.05) is 78.0 Å². The number of hydrogen-bond acceptors (Lipinski definition) is 4. The predicted octanol–water partition coefficient (Wildman–Crippen LogP) is 1.74. The van der Waals surface area contributed by atoms with E-state index in [1.54, 1.807) is 0 Å². The first-order chi connectivity index (χ1) is 13.3. The van der Waals surface area contributed by atoms with Crippen molar-refractivity contribution in [3.8, 4) is 0 Å². The van der Waals surface area contributed by atoms with Crippen LogP contribution in [-0.2, 0) is 4.74 Å². The van der Waals surface area contributed by atoms with Crippen LogP contribution in [0.3, 0.4) is 0 Å². The van der Waals surface area contributed by atoms with Crippen molar-refractivity contribution in [1.29, 1.82) is 0 Å². The van der Waals surface area contributed by atoms with Crippen molar-refractivity contribution in [3.63, 3.8) is 0 Å². The summed E-state index contributed by atoms with van der Waals surface area (Å²) in [4.78, 5) is 11.7. The lowest BCUT2D eigenvalue weighted by Gasteiger charge is -2.36. The molecule has 0 aromatic heterocycles. The summed E-state index contributed by atoms with van der Waals surface area (Å²) < 4.78 is 5.48. The number of anilines is 1. The fraction of sp³-hybridized carbons (Fsp3) is 0.667. The average molecular weight is 374 g/mol. The summed E-state index contributed by atoms with van der Waals surface area (Å²) in [6, 6.07) is 10.7. The molecule has 0 bridgehead atoms. The van der Waals surface area contributed by atoms with Crippen LogP contribution in [0.4, 0.5) is 5.69 Å². The first-order valence-corrected chi connectivity index (χ1v) is 10.3. The number of nitrogens with zero attached hydrogens (tertiary/aromatic N) is 4. The zero-order chi connectivity index (χ0) is 18.9. The molecule has 6 heteroatoms. The molecule has 1 N–H and O–H groups in total. The Kier molecular flexibility index (Phi) is 7.78. The maximum absolute atomic E-state index is 5.48. The minimum absolute atomic E-state index is 0.634. The van der Waals surface area contributed by atoms with E-state index in [0.29, 0.717) is 5.92 Å². The second-order valence-electron chi connectivity index (χ2n) is 7.60. The van der Waals surface area contributed by atoms with Crippen molar-refractivity contribution in [3.05, 3.63) is 30.3 Å². The fourth-order valence-corrected chi connectivity index (χ4v) is 3.96. The van der Waals surface area contributed by atoms with Crippen molar-refractivity contribution < 1.29 is 4.74 Å². The quantitative estimate of drug-likeness (QED) is 0.448. The Morgan fingerprint density at radius 1 is 1.22 bits per heavy atom. The van der Waals surface area contributed by atoms with Crippen LogP contribution in [0.2, 0.25) is 0 Å². The van der Waals surface area contributed by atoms with Crippen LogP contribution in [0.25, 0.3) is 0 Å². The Balaban J connectivity index is 1.30. The van der Waals surface area contributed by atoms with Crippen molar-refractivity contribution in [2.45, 2.75) is 12.8 Å². The SMILES string of the molecule is CN=C(NCCCN1CCN(c2ccccc2)CC1)N(C)CC1CCOC1. The highest BCUT2D eigenvalue weighted by Gasteiger charge is 2.19. The van der Waals surface area contributed by atoms with Crippen LogP contribution < -0.4 is 10.2 Å². The van der Waals surface area contributed by atoms with E-state index in [0.717, 1.165) is 77.8 Å². The standard InChI is InChI=1S/C21H35N5O/c1-22-21(24(2)17-19-9-16-27-18-19)23-10-6-11-25-12-14-26(15-13-25)20-7-4-3-5-8-20/h3-5,7-8,19H,6,9-18H2,1-2H3,(H,22,23). The lowest BCUT2D eigenvalue weighted by atomic mass is 10.1. The van der Waals surface area contributed by atoms with Crippen molar-refractivity contribution in [2.24, 2.45) is 10.9 Å². The van der Waals surface area contributed by atoms with Crippen LogP contribution in [0.1, 0.15) is 12.8 Å². The smallest absolute Gasteiger partial charge is 0.193 e. The van der Waals surface area contributed by atoms with E-state index in [1.807, 2.05) is 7.05 Å².